The number of aryl methyl sites for hydroxylation is 1. The van der Waals surface area contributed by atoms with Crippen molar-refractivity contribution in [1.82, 2.24) is 9.88 Å². The van der Waals surface area contributed by atoms with E-state index in [-0.39, 0.29) is 22.8 Å². The van der Waals surface area contributed by atoms with E-state index in [9.17, 15) is 23.5 Å². The number of amides is 1. The maximum atomic E-state index is 14.4. The summed E-state index contributed by atoms with van der Waals surface area (Å²) in [4.78, 5) is 25.1. The Morgan fingerprint density at radius 2 is 1.83 bits per heavy atom. The lowest BCUT2D eigenvalue weighted by atomic mass is 9.93. The first-order chi connectivity index (χ1) is 16.5. The predicted molar refractivity (Wildman–Crippen MR) is 127 cm³/mol. The van der Waals surface area contributed by atoms with Crippen LogP contribution in [0.4, 0.5) is 8.78 Å². The molecule has 2 heterocycles. The Morgan fingerprint density at radius 1 is 1.11 bits per heavy atom. The van der Waals surface area contributed by atoms with Crippen LogP contribution in [0.15, 0.2) is 57.9 Å². The molecule has 7 nitrogen and oxygen atoms in total. The summed E-state index contributed by atoms with van der Waals surface area (Å²) in [5.74, 6) is -2.19. The van der Waals surface area contributed by atoms with Crippen LogP contribution < -0.4 is 15.6 Å². The van der Waals surface area contributed by atoms with Crippen molar-refractivity contribution in [2.24, 2.45) is 7.05 Å². The van der Waals surface area contributed by atoms with Crippen LogP contribution in [-0.2, 0) is 12.6 Å². The average Bonchev–Trinajstić information content (AvgIpc) is 3.24. The van der Waals surface area contributed by atoms with Crippen LogP contribution in [0.5, 0.6) is 11.5 Å². The Bertz CT molecular complexity index is 1500. The van der Waals surface area contributed by atoms with E-state index in [2.05, 4.69) is 5.32 Å². The fourth-order valence-corrected chi connectivity index (χ4v) is 3.69. The fraction of sp³-hybridized carbons (Fsp3) is 0.231. The van der Waals surface area contributed by atoms with Crippen molar-refractivity contribution in [1.29, 1.82) is 0 Å². The maximum Gasteiger partial charge on any atom is 0.293 e. The summed E-state index contributed by atoms with van der Waals surface area (Å²) < 4.78 is 40.5. The molecule has 0 aliphatic rings. The number of pyridine rings is 1. The average molecular weight is 482 g/mol. The van der Waals surface area contributed by atoms with Gasteiger partial charge < -0.3 is 24.1 Å². The molecule has 0 radical (unpaired) electrons. The number of fused-ring (bicyclic) bond motifs is 1. The fourth-order valence-electron chi connectivity index (χ4n) is 3.69. The number of aliphatic hydroxyl groups is 1. The second kappa shape index (κ2) is 8.99. The molecule has 4 rings (SSSR count). The van der Waals surface area contributed by atoms with Crippen LogP contribution in [-0.4, -0.2) is 22.1 Å². The largest absolute Gasteiger partial charge is 0.454 e. The van der Waals surface area contributed by atoms with Gasteiger partial charge in [-0.05, 0) is 56.7 Å². The number of furan rings is 1. The van der Waals surface area contributed by atoms with E-state index in [0.717, 1.165) is 6.07 Å². The summed E-state index contributed by atoms with van der Waals surface area (Å²) in [6.07, 6.45) is 1.54. The Balaban J connectivity index is 1.98. The van der Waals surface area contributed by atoms with E-state index in [1.54, 1.807) is 45.2 Å². The molecule has 0 atom stereocenters. The monoisotopic (exact) mass is 482 g/mol. The highest BCUT2D eigenvalue weighted by molar-refractivity contribution is 6.01. The molecule has 9 heteroatoms. The summed E-state index contributed by atoms with van der Waals surface area (Å²) in [5, 5.41) is 13.6. The molecule has 0 spiro atoms. The molecule has 2 aromatic carbocycles. The normalized spacial score (nSPS) is 11.6. The third-order valence-electron chi connectivity index (χ3n) is 5.51. The van der Waals surface area contributed by atoms with Gasteiger partial charge in [0.25, 0.3) is 11.5 Å². The van der Waals surface area contributed by atoms with Crippen molar-refractivity contribution in [3.8, 4) is 22.6 Å². The van der Waals surface area contributed by atoms with Gasteiger partial charge >= 0.3 is 0 Å². The first-order valence-electron chi connectivity index (χ1n) is 10.9. The standard InChI is InChI=1S/C26H24F2N2O5/c1-5-29-24(31)22-12-17-18(13-30(4)25(32)23(17)35-22)16-10-14(26(2,3)33)6-8-20(16)34-21-9-7-15(27)11-19(21)28/h6-13,33H,5H2,1-4H3,(H,29,31). The summed E-state index contributed by atoms with van der Waals surface area (Å²) in [7, 11) is 1.53. The number of carbonyl (C=O) groups excluding carboxylic acids is 1. The highest BCUT2D eigenvalue weighted by atomic mass is 19.1. The van der Waals surface area contributed by atoms with Gasteiger partial charge in [-0.3, -0.25) is 9.59 Å². The third-order valence-corrected chi connectivity index (χ3v) is 5.51. The molecule has 4 aromatic rings. The zero-order chi connectivity index (χ0) is 25.5. The quantitative estimate of drug-likeness (QED) is 0.410. The number of rotatable bonds is 6. The first kappa shape index (κ1) is 24.2. The molecule has 0 aliphatic heterocycles. The number of nitrogens with one attached hydrogen (secondary N) is 1. The van der Waals surface area contributed by atoms with Gasteiger partial charge in [0.1, 0.15) is 11.6 Å². The minimum atomic E-state index is -1.23. The van der Waals surface area contributed by atoms with Crippen LogP contribution in [0.25, 0.3) is 22.1 Å². The number of nitrogens with zero attached hydrogens (tertiary/aromatic N) is 1. The first-order valence-corrected chi connectivity index (χ1v) is 10.9. The van der Waals surface area contributed by atoms with E-state index in [1.165, 1.54) is 23.7 Å². The van der Waals surface area contributed by atoms with E-state index in [0.29, 0.717) is 34.7 Å². The van der Waals surface area contributed by atoms with Crippen molar-refractivity contribution in [2.45, 2.75) is 26.4 Å². The Hall–Kier alpha value is -3.98. The SMILES string of the molecule is CCNC(=O)c1cc2c(-c3cc(C(C)(C)O)ccc3Oc3ccc(F)cc3F)cn(C)c(=O)c2o1. The summed E-state index contributed by atoms with van der Waals surface area (Å²) in [6, 6.07) is 9.22. The Morgan fingerprint density at radius 3 is 2.49 bits per heavy atom. The number of halogens is 2. The van der Waals surface area contributed by atoms with Crippen molar-refractivity contribution >= 4 is 16.9 Å². The van der Waals surface area contributed by atoms with Gasteiger partial charge in [-0.15, -0.1) is 0 Å². The van der Waals surface area contributed by atoms with Crippen molar-refractivity contribution < 1.29 is 27.8 Å². The molecule has 0 bridgehead atoms. The molecule has 0 fully saturated rings. The second-order valence-corrected chi connectivity index (χ2v) is 8.62. The molecule has 182 valence electrons. The van der Waals surface area contributed by atoms with Crippen LogP contribution in [0, 0.1) is 11.6 Å². The topological polar surface area (TPSA) is 93.7 Å². The van der Waals surface area contributed by atoms with Crippen LogP contribution in [0.2, 0.25) is 0 Å². The minimum Gasteiger partial charge on any atom is -0.454 e. The van der Waals surface area contributed by atoms with Gasteiger partial charge in [-0.2, -0.15) is 0 Å². The number of carbonyl (C=O) groups is 1. The van der Waals surface area contributed by atoms with Gasteiger partial charge in [0, 0.05) is 42.4 Å². The van der Waals surface area contributed by atoms with Crippen molar-refractivity contribution in [3.05, 3.63) is 82.0 Å². The second-order valence-electron chi connectivity index (χ2n) is 8.62. The minimum absolute atomic E-state index is 0.0428. The van der Waals surface area contributed by atoms with Crippen LogP contribution in [0.1, 0.15) is 36.9 Å². The van der Waals surface area contributed by atoms with Crippen molar-refractivity contribution in [2.75, 3.05) is 6.54 Å². The van der Waals surface area contributed by atoms with Crippen molar-refractivity contribution in [3.63, 3.8) is 0 Å². The molecular formula is C26H24F2N2O5. The number of hydrogen-bond donors (Lipinski definition) is 2. The number of aromatic nitrogens is 1. The van der Waals surface area contributed by atoms with Gasteiger partial charge in [-0.1, -0.05) is 6.07 Å². The summed E-state index contributed by atoms with van der Waals surface area (Å²) >= 11 is 0. The van der Waals surface area contributed by atoms with E-state index < -0.39 is 28.7 Å². The molecular weight excluding hydrogens is 458 g/mol. The van der Waals surface area contributed by atoms with E-state index >= 15 is 0 Å². The number of benzene rings is 2. The Kier molecular flexibility index (Phi) is 6.21. The Labute approximate surface area is 199 Å². The number of hydrogen-bond acceptors (Lipinski definition) is 5. The lowest BCUT2D eigenvalue weighted by Gasteiger charge is -2.21. The zero-order valence-corrected chi connectivity index (χ0v) is 19.6. The molecule has 35 heavy (non-hydrogen) atoms. The molecule has 0 aliphatic carbocycles. The molecule has 0 saturated carbocycles. The highest BCUT2D eigenvalue weighted by Crippen LogP contribution is 2.40. The van der Waals surface area contributed by atoms with Crippen LogP contribution in [0.3, 0.4) is 0 Å². The molecule has 0 saturated heterocycles. The van der Waals surface area contributed by atoms with E-state index in [1.807, 2.05) is 0 Å². The smallest absolute Gasteiger partial charge is 0.293 e. The van der Waals surface area contributed by atoms with Gasteiger partial charge in [-0.25, -0.2) is 8.78 Å². The molecule has 2 aromatic heterocycles. The predicted octanol–water partition coefficient (Wildman–Crippen LogP) is 4.85. The van der Waals surface area contributed by atoms with Crippen LogP contribution >= 0.6 is 0 Å². The van der Waals surface area contributed by atoms with Gasteiger partial charge in [0.2, 0.25) is 5.58 Å². The van der Waals surface area contributed by atoms with E-state index in [4.69, 9.17) is 9.15 Å². The van der Waals surface area contributed by atoms with Gasteiger partial charge in [0.05, 0.1) is 5.60 Å². The zero-order valence-electron chi connectivity index (χ0n) is 19.6. The molecule has 2 N–H and O–H groups in total. The summed E-state index contributed by atoms with van der Waals surface area (Å²) in [5.41, 5.74) is -0.351. The highest BCUT2D eigenvalue weighted by Gasteiger charge is 2.24. The third kappa shape index (κ3) is 4.67. The lowest BCUT2D eigenvalue weighted by molar-refractivity contribution is 0.0786. The lowest BCUT2D eigenvalue weighted by Crippen LogP contribution is -2.22. The molecule has 1 amide bonds. The maximum absolute atomic E-state index is 14.4. The summed E-state index contributed by atoms with van der Waals surface area (Å²) in [6.45, 7) is 5.34. The molecule has 0 unspecified atom stereocenters. The van der Waals surface area contributed by atoms with Gasteiger partial charge in [0.15, 0.2) is 17.3 Å². The number of ether oxygens (including phenoxy) is 1.